The molecule has 1 amide bonds. The second-order valence-electron chi connectivity index (χ2n) is 3.92. The van der Waals surface area contributed by atoms with E-state index in [0.29, 0.717) is 6.61 Å². The van der Waals surface area contributed by atoms with Gasteiger partial charge in [0.15, 0.2) is 0 Å². The zero-order valence-electron chi connectivity index (χ0n) is 9.32. The summed E-state index contributed by atoms with van der Waals surface area (Å²) >= 11 is 4.98. The number of amides is 1. The quantitative estimate of drug-likeness (QED) is 0.871. The number of hydrogen-bond acceptors (Lipinski definition) is 3. The second-order valence-corrected chi connectivity index (χ2v) is 5.78. The fourth-order valence-corrected chi connectivity index (χ4v) is 3.01. The van der Waals surface area contributed by atoms with Crippen LogP contribution in [0.5, 0.6) is 0 Å². The number of nitrogens with one attached hydrogen (secondary N) is 1. The lowest BCUT2D eigenvalue weighted by Crippen LogP contribution is -2.39. The summed E-state index contributed by atoms with van der Waals surface area (Å²) in [4.78, 5) is 12.7. The van der Waals surface area contributed by atoms with Crippen molar-refractivity contribution in [2.45, 2.75) is 18.9 Å². The SMILES string of the molecule is O=C(/C=C/c1cc(Br)cs1)N[C@@H]1CCCOC1. The number of thiophene rings is 1. The summed E-state index contributed by atoms with van der Waals surface area (Å²) in [5.41, 5.74) is 0. The molecule has 92 valence electrons. The molecule has 1 aromatic heterocycles. The fraction of sp³-hybridized carbons (Fsp3) is 0.417. The molecule has 1 aliphatic heterocycles. The lowest BCUT2D eigenvalue weighted by Gasteiger charge is -2.22. The van der Waals surface area contributed by atoms with Crippen LogP contribution in [-0.4, -0.2) is 25.2 Å². The van der Waals surface area contributed by atoms with Gasteiger partial charge in [-0.3, -0.25) is 4.79 Å². The van der Waals surface area contributed by atoms with Gasteiger partial charge in [0, 0.05) is 27.4 Å². The third kappa shape index (κ3) is 4.26. The second kappa shape index (κ2) is 6.33. The average molecular weight is 316 g/mol. The molecule has 2 heterocycles. The minimum absolute atomic E-state index is 0.0509. The maximum atomic E-state index is 11.6. The Labute approximate surface area is 113 Å². The van der Waals surface area contributed by atoms with E-state index >= 15 is 0 Å². The van der Waals surface area contributed by atoms with E-state index < -0.39 is 0 Å². The number of rotatable bonds is 3. The standard InChI is InChI=1S/C12H14BrNO2S/c13-9-6-11(17-8-9)3-4-12(15)14-10-2-1-5-16-7-10/h3-4,6,8,10H,1-2,5,7H2,(H,14,15)/b4-3+/t10-/m1/s1. The van der Waals surface area contributed by atoms with Crippen LogP contribution in [0.3, 0.4) is 0 Å². The summed E-state index contributed by atoms with van der Waals surface area (Å²) in [5, 5.41) is 4.93. The van der Waals surface area contributed by atoms with E-state index in [9.17, 15) is 4.79 Å². The van der Waals surface area contributed by atoms with Gasteiger partial charge in [0.1, 0.15) is 0 Å². The van der Waals surface area contributed by atoms with Crippen LogP contribution in [0.25, 0.3) is 6.08 Å². The van der Waals surface area contributed by atoms with Crippen LogP contribution in [0.1, 0.15) is 17.7 Å². The molecule has 1 fully saturated rings. The summed E-state index contributed by atoms with van der Waals surface area (Å²) in [6.07, 6.45) is 5.43. The topological polar surface area (TPSA) is 38.3 Å². The first-order valence-corrected chi connectivity index (χ1v) is 7.21. The van der Waals surface area contributed by atoms with E-state index in [0.717, 1.165) is 28.8 Å². The van der Waals surface area contributed by atoms with Crippen molar-refractivity contribution in [1.82, 2.24) is 5.32 Å². The summed E-state index contributed by atoms with van der Waals surface area (Å²) in [7, 11) is 0. The van der Waals surface area contributed by atoms with Crippen LogP contribution in [0, 0.1) is 0 Å². The first-order chi connectivity index (χ1) is 8.24. The van der Waals surface area contributed by atoms with Crippen LogP contribution < -0.4 is 5.32 Å². The van der Waals surface area contributed by atoms with Crippen molar-refractivity contribution in [1.29, 1.82) is 0 Å². The number of halogens is 1. The molecule has 5 heteroatoms. The number of carbonyl (C=O) groups is 1. The highest BCUT2D eigenvalue weighted by Gasteiger charge is 2.14. The monoisotopic (exact) mass is 315 g/mol. The van der Waals surface area contributed by atoms with Crippen molar-refractivity contribution in [3.05, 3.63) is 26.9 Å². The van der Waals surface area contributed by atoms with Gasteiger partial charge in [-0.1, -0.05) is 0 Å². The van der Waals surface area contributed by atoms with Crippen LogP contribution in [0.15, 0.2) is 22.0 Å². The highest BCUT2D eigenvalue weighted by Crippen LogP contribution is 2.20. The van der Waals surface area contributed by atoms with Gasteiger partial charge in [0.2, 0.25) is 5.91 Å². The van der Waals surface area contributed by atoms with Crippen molar-refractivity contribution >= 4 is 39.2 Å². The molecule has 1 N–H and O–H groups in total. The molecular weight excluding hydrogens is 302 g/mol. The Morgan fingerprint density at radius 3 is 3.18 bits per heavy atom. The van der Waals surface area contributed by atoms with Crippen molar-refractivity contribution in [3.63, 3.8) is 0 Å². The van der Waals surface area contributed by atoms with Gasteiger partial charge in [-0.05, 0) is 40.9 Å². The fourth-order valence-electron chi connectivity index (χ4n) is 1.68. The summed E-state index contributed by atoms with van der Waals surface area (Å²) in [6.45, 7) is 1.44. The molecular formula is C12H14BrNO2S. The van der Waals surface area contributed by atoms with Gasteiger partial charge in [0.25, 0.3) is 0 Å². The van der Waals surface area contributed by atoms with Gasteiger partial charge in [-0.2, -0.15) is 0 Å². The van der Waals surface area contributed by atoms with Crippen LogP contribution in [0.4, 0.5) is 0 Å². The highest BCUT2D eigenvalue weighted by atomic mass is 79.9. The Hall–Kier alpha value is -0.650. The van der Waals surface area contributed by atoms with E-state index in [-0.39, 0.29) is 11.9 Å². The molecule has 17 heavy (non-hydrogen) atoms. The minimum Gasteiger partial charge on any atom is -0.379 e. The van der Waals surface area contributed by atoms with Gasteiger partial charge in [-0.15, -0.1) is 11.3 Å². The maximum Gasteiger partial charge on any atom is 0.244 e. The molecule has 0 aromatic carbocycles. The molecule has 0 spiro atoms. The Morgan fingerprint density at radius 2 is 2.53 bits per heavy atom. The molecule has 1 atom stereocenters. The van der Waals surface area contributed by atoms with Crippen molar-refractivity contribution in [2.75, 3.05) is 13.2 Å². The van der Waals surface area contributed by atoms with Crippen LogP contribution in [-0.2, 0) is 9.53 Å². The summed E-state index contributed by atoms with van der Waals surface area (Å²) in [6, 6.07) is 2.15. The van der Waals surface area contributed by atoms with E-state index in [1.807, 2.05) is 17.5 Å². The van der Waals surface area contributed by atoms with Crippen molar-refractivity contribution < 1.29 is 9.53 Å². The van der Waals surface area contributed by atoms with Gasteiger partial charge in [0.05, 0.1) is 12.6 Å². The first-order valence-electron chi connectivity index (χ1n) is 5.54. The Morgan fingerprint density at radius 1 is 1.65 bits per heavy atom. The lowest BCUT2D eigenvalue weighted by molar-refractivity contribution is -0.118. The minimum atomic E-state index is -0.0509. The predicted octanol–water partition coefficient (Wildman–Crippen LogP) is 2.82. The van der Waals surface area contributed by atoms with Gasteiger partial charge in [-0.25, -0.2) is 0 Å². The lowest BCUT2D eigenvalue weighted by atomic mass is 10.1. The van der Waals surface area contributed by atoms with E-state index in [4.69, 9.17) is 4.74 Å². The molecule has 0 saturated carbocycles. The Balaban J connectivity index is 1.82. The number of carbonyl (C=O) groups excluding carboxylic acids is 1. The highest BCUT2D eigenvalue weighted by molar-refractivity contribution is 9.10. The van der Waals surface area contributed by atoms with E-state index in [2.05, 4.69) is 21.2 Å². The predicted molar refractivity (Wildman–Crippen MR) is 73.0 cm³/mol. The normalized spacial score (nSPS) is 20.6. The molecule has 0 bridgehead atoms. The maximum absolute atomic E-state index is 11.6. The van der Waals surface area contributed by atoms with Gasteiger partial charge < -0.3 is 10.1 Å². The van der Waals surface area contributed by atoms with Crippen molar-refractivity contribution in [3.8, 4) is 0 Å². The Bertz CT molecular complexity index is 410. The number of hydrogen-bond donors (Lipinski definition) is 1. The molecule has 0 unspecified atom stereocenters. The van der Waals surface area contributed by atoms with Gasteiger partial charge >= 0.3 is 0 Å². The zero-order valence-corrected chi connectivity index (χ0v) is 11.7. The third-order valence-electron chi connectivity index (χ3n) is 2.49. The smallest absolute Gasteiger partial charge is 0.244 e. The molecule has 0 aliphatic carbocycles. The van der Waals surface area contributed by atoms with Crippen molar-refractivity contribution in [2.24, 2.45) is 0 Å². The van der Waals surface area contributed by atoms with Crippen LogP contribution >= 0.6 is 27.3 Å². The molecule has 1 saturated heterocycles. The molecule has 1 aliphatic rings. The number of ether oxygens (including phenoxy) is 1. The van der Waals surface area contributed by atoms with E-state index in [1.54, 1.807) is 17.4 Å². The molecule has 1 aromatic rings. The molecule has 2 rings (SSSR count). The third-order valence-corrected chi connectivity index (χ3v) is 4.15. The largest absolute Gasteiger partial charge is 0.379 e. The summed E-state index contributed by atoms with van der Waals surface area (Å²) in [5.74, 6) is -0.0509. The molecule has 0 radical (unpaired) electrons. The first kappa shape index (κ1) is 12.8. The van der Waals surface area contributed by atoms with Crippen LogP contribution in [0.2, 0.25) is 0 Å². The van der Waals surface area contributed by atoms with E-state index in [1.165, 1.54) is 0 Å². The average Bonchev–Trinajstić information content (AvgIpc) is 2.74. The molecule has 3 nitrogen and oxygen atoms in total. The zero-order chi connectivity index (χ0) is 12.1. The Kier molecular flexibility index (Phi) is 4.76. The summed E-state index contributed by atoms with van der Waals surface area (Å²) < 4.78 is 6.35.